The molecule has 0 N–H and O–H groups in total. The van der Waals surface area contributed by atoms with Gasteiger partial charge in [0.1, 0.15) is 0 Å². The van der Waals surface area contributed by atoms with E-state index in [0.29, 0.717) is 0 Å². The standard InChI is InChI=1S/C16H15NO2/c18-15-9-14-10-5-1-2-6-11(10)16(19)17(14)13-8-4-3-7-12(13)15/h1-2,5-6,9,12-13H,3-4,7-8H2/t12-,13-/m1/s1. The van der Waals surface area contributed by atoms with Gasteiger partial charge in [0.2, 0.25) is 0 Å². The molecule has 2 atom stereocenters. The Morgan fingerprint density at radius 3 is 2.58 bits per heavy atom. The van der Waals surface area contributed by atoms with Crippen molar-refractivity contribution in [2.45, 2.75) is 31.7 Å². The van der Waals surface area contributed by atoms with Gasteiger partial charge >= 0.3 is 0 Å². The second-order valence-corrected chi connectivity index (χ2v) is 5.61. The summed E-state index contributed by atoms with van der Waals surface area (Å²) in [6.45, 7) is 0. The molecule has 2 aliphatic heterocycles. The highest BCUT2D eigenvalue weighted by atomic mass is 16.2. The summed E-state index contributed by atoms with van der Waals surface area (Å²) in [7, 11) is 0. The van der Waals surface area contributed by atoms with Crippen LogP contribution in [-0.2, 0) is 4.79 Å². The Morgan fingerprint density at radius 1 is 1.00 bits per heavy atom. The summed E-state index contributed by atoms with van der Waals surface area (Å²) < 4.78 is 0. The maximum atomic E-state index is 12.6. The summed E-state index contributed by atoms with van der Waals surface area (Å²) in [6, 6.07) is 7.69. The Labute approximate surface area is 111 Å². The van der Waals surface area contributed by atoms with Crippen molar-refractivity contribution < 1.29 is 9.59 Å². The monoisotopic (exact) mass is 253 g/mol. The molecule has 1 aliphatic carbocycles. The zero-order valence-electron chi connectivity index (χ0n) is 10.6. The van der Waals surface area contributed by atoms with Crippen LogP contribution >= 0.6 is 0 Å². The molecule has 0 saturated heterocycles. The smallest absolute Gasteiger partial charge is 0.259 e. The van der Waals surface area contributed by atoms with E-state index >= 15 is 0 Å². The lowest BCUT2D eigenvalue weighted by Gasteiger charge is -2.40. The van der Waals surface area contributed by atoms with Crippen molar-refractivity contribution in [1.29, 1.82) is 0 Å². The van der Waals surface area contributed by atoms with E-state index in [4.69, 9.17) is 0 Å². The molecule has 1 aromatic rings. The molecular formula is C16H15NO2. The van der Waals surface area contributed by atoms with Gasteiger partial charge in [-0.25, -0.2) is 0 Å². The van der Waals surface area contributed by atoms with Crippen LogP contribution in [0.4, 0.5) is 0 Å². The minimum absolute atomic E-state index is 0.0239. The molecule has 1 aromatic carbocycles. The zero-order valence-corrected chi connectivity index (χ0v) is 10.6. The molecule has 1 saturated carbocycles. The average Bonchev–Trinajstić information content (AvgIpc) is 2.73. The van der Waals surface area contributed by atoms with Crippen LogP contribution in [-0.4, -0.2) is 22.6 Å². The first-order chi connectivity index (χ1) is 9.27. The largest absolute Gasteiger partial charge is 0.304 e. The molecule has 0 bridgehead atoms. The van der Waals surface area contributed by atoms with Gasteiger partial charge in [-0.3, -0.25) is 9.59 Å². The van der Waals surface area contributed by atoms with Crippen LogP contribution in [0.15, 0.2) is 30.3 Å². The third-order valence-electron chi connectivity index (χ3n) is 4.62. The van der Waals surface area contributed by atoms with Crippen molar-refractivity contribution in [3.8, 4) is 0 Å². The van der Waals surface area contributed by atoms with E-state index in [-0.39, 0.29) is 23.7 Å². The molecule has 19 heavy (non-hydrogen) atoms. The highest BCUT2D eigenvalue weighted by Gasteiger charge is 2.45. The number of nitrogens with zero attached hydrogens (tertiary/aromatic N) is 1. The van der Waals surface area contributed by atoms with Gasteiger partial charge in [0.15, 0.2) is 5.78 Å². The van der Waals surface area contributed by atoms with Gasteiger partial charge in [-0.1, -0.05) is 31.0 Å². The highest BCUT2D eigenvalue weighted by molar-refractivity contribution is 6.14. The van der Waals surface area contributed by atoms with Gasteiger partial charge < -0.3 is 4.90 Å². The summed E-state index contributed by atoms with van der Waals surface area (Å²) >= 11 is 0. The Balaban J connectivity index is 1.89. The van der Waals surface area contributed by atoms with Gasteiger partial charge in [0.25, 0.3) is 5.91 Å². The Morgan fingerprint density at radius 2 is 1.74 bits per heavy atom. The second-order valence-electron chi connectivity index (χ2n) is 5.61. The van der Waals surface area contributed by atoms with E-state index in [2.05, 4.69) is 0 Å². The SMILES string of the molecule is O=C1C=C2c3ccccc3C(=O)N2[C@@H]2CCCC[C@@H]12. The average molecular weight is 253 g/mol. The van der Waals surface area contributed by atoms with Crippen molar-refractivity contribution in [1.82, 2.24) is 4.90 Å². The van der Waals surface area contributed by atoms with Gasteiger partial charge in [-0.05, 0) is 18.9 Å². The molecular weight excluding hydrogens is 238 g/mol. The Hall–Kier alpha value is -1.90. The molecule has 4 rings (SSSR count). The molecule has 3 aliphatic rings. The van der Waals surface area contributed by atoms with Crippen molar-refractivity contribution in [2.24, 2.45) is 5.92 Å². The number of hydrogen-bond donors (Lipinski definition) is 0. The number of hydrogen-bond acceptors (Lipinski definition) is 2. The maximum absolute atomic E-state index is 12.6. The summed E-state index contributed by atoms with van der Waals surface area (Å²) in [6.07, 6.45) is 5.78. The number of benzene rings is 1. The Bertz CT molecular complexity index is 617. The molecule has 0 aromatic heterocycles. The molecule has 2 heterocycles. The van der Waals surface area contributed by atoms with E-state index < -0.39 is 0 Å². The first-order valence-corrected chi connectivity index (χ1v) is 6.96. The third kappa shape index (κ3) is 1.38. The molecule has 96 valence electrons. The van der Waals surface area contributed by atoms with Crippen LogP contribution in [0.3, 0.4) is 0 Å². The molecule has 0 spiro atoms. The highest BCUT2D eigenvalue weighted by Crippen LogP contribution is 2.43. The summed E-state index contributed by atoms with van der Waals surface area (Å²) in [4.78, 5) is 26.7. The number of carbonyl (C=O) groups excluding carboxylic acids is 2. The van der Waals surface area contributed by atoms with Crippen LogP contribution in [0.25, 0.3) is 5.70 Å². The summed E-state index contributed by atoms with van der Waals surface area (Å²) in [5.41, 5.74) is 2.49. The summed E-state index contributed by atoms with van der Waals surface area (Å²) in [5, 5.41) is 0. The van der Waals surface area contributed by atoms with Gasteiger partial charge in [0.05, 0.1) is 5.70 Å². The van der Waals surface area contributed by atoms with E-state index in [1.807, 2.05) is 29.2 Å². The molecule has 1 amide bonds. The van der Waals surface area contributed by atoms with Crippen molar-refractivity contribution >= 4 is 17.4 Å². The second kappa shape index (κ2) is 3.80. The van der Waals surface area contributed by atoms with Gasteiger partial charge in [0, 0.05) is 29.2 Å². The lowest BCUT2D eigenvalue weighted by molar-refractivity contribution is -0.121. The number of fused-ring (bicyclic) bond motifs is 5. The molecule has 1 fully saturated rings. The molecule has 0 radical (unpaired) electrons. The van der Waals surface area contributed by atoms with E-state index in [1.165, 1.54) is 0 Å². The van der Waals surface area contributed by atoms with Gasteiger partial charge in [-0.15, -0.1) is 0 Å². The Kier molecular flexibility index (Phi) is 2.19. The van der Waals surface area contributed by atoms with E-state index in [1.54, 1.807) is 6.08 Å². The third-order valence-corrected chi connectivity index (χ3v) is 4.62. The fourth-order valence-corrected chi connectivity index (χ4v) is 3.73. The lowest BCUT2D eigenvalue weighted by atomic mass is 9.78. The topological polar surface area (TPSA) is 37.4 Å². The fourth-order valence-electron chi connectivity index (χ4n) is 3.73. The molecule has 3 heteroatoms. The lowest BCUT2D eigenvalue weighted by Crippen LogP contribution is -2.47. The van der Waals surface area contributed by atoms with E-state index in [9.17, 15) is 9.59 Å². The first kappa shape index (κ1) is 11.0. The van der Waals surface area contributed by atoms with E-state index in [0.717, 1.165) is 42.5 Å². The molecule has 3 nitrogen and oxygen atoms in total. The first-order valence-electron chi connectivity index (χ1n) is 6.96. The van der Waals surface area contributed by atoms with Crippen LogP contribution in [0.5, 0.6) is 0 Å². The van der Waals surface area contributed by atoms with Crippen molar-refractivity contribution in [3.63, 3.8) is 0 Å². The summed E-state index contributed by atoms with van der Waals surface area (Å²) in [5.74, 6) is 0.308. The minimum Gasteiger partial charge on any atom is -0.304 e. The minimum atomic E-state index is 0.0239. The molecule has 0 unspecified atom stereocenters. The number of carbonyl (C=O) groups is 2. The van der Waals surface area contributed by atoms with Crippen molar-refractivity contribution in [2.75, 3.05) is 0 Å². The van der Waals surface area contributed by atoms with Crippen LogP contribution < -0.4 is 0 Å². The van der Waals surface area contributed by atoms with Crippen molar-refractivity contribution in [3.05, 3.63) is 41.5 Å². The van der Waals surface area contributed by atoms with Gasteiger partial charge in [-0.2, -0.15) is 0 Å². The number of ketones is 1. The quantitative estimate of drug-likeness (QED) is 0.712. The number of rotatable bonds is 0. The van der Waals surface area contributed by atoms with Crippen LogP contribution in [0.2, 0.25) is 0 Å². The predicted molar refractivity (Wildman–Crippen MR) is 71.3 cm³/mol. The number of amides is 1. The van der Waals surface area contributed by atoms with Crippen LogP contribution in [0.1, 0.15) is 41.6 Å². The maximum Gasteiger partial charge on any atom is 0.259 e. The van der Waals surface area contributed by atoms with Crippen LogP contribution in [0, 0.1) is 5.92 Å². The zero-order chi connectivity index (χ0) is 13.0. The fraction of sp³-hybridized carbons (Fsp3) is 0.375. The predicted octanol–water partition coefficient (Wildman–Crippen LogP) is 2.62. The normalized spacial score (nSPS) is 28.6. The number of allylic oxidation sites excluding steroid dienone is 1.